The molecule has 0 aromatic heterocycles. The number of alkyl halides is 1. The second-order valence-corrected chi connectivity index (χ2v) is 5.38. The van der Waals surface area contributed by atoms with Crippen molar-refractivity contribution in [3.63, 3.8) is 0 Å². The van der Waals surface area contributed by atoms with Gasteiger partial charge in [-0.2, -0.15) is 0 Å². The molecule has 0 unspecified atom stereocenters. The molecular weight excluding hydrogens is 227 g/mol. The Morgan fingerprint density at radius 3 is 2.39 bits per heavy atom. The lowest BCUT2D eigenvalue weighted by molar-refractivity contribution is 0.155. The zero-order valence-corrected chi connectivity index (χ0v) is 11.6. The van der Waals surface area contributed by atoms with Crippen LogP contribution in [-0.2, 0) is 0 Å². The number of hydrogen-bond donors (Lipinski definition) is 1. The fourth-order valence-electron chi connectivity index (χ4n) is 2.48. The highest BCUT2D eigenvalue weighted by Gasteiger charge is 2.25. The normalized spacial score (nSPS) is 16.7. The van der Waals surface area contributed by atoms with E-state index in [-0.39, 0.29) is 6.67 Å². The number of nitrogens with zero attached hydrogens (tertiary/aromatic N) is 1. The van der Waals surface area contributed by atoms with Crippen molar-refractivity contribution < 1.29 is 4.39 Å². The van der Waals surface area contributed by atoms with Crippen molar-refractivity contribution in [1.29, 1.82) is 0 Å². The van der Waals surface area contributed by atoms with E-state index in [9.17, 15) is 4.39 Å². The van der Waals surface area contributed by atoms with Crippen LogP contribution < -0.4 is 5.32 Å². The molecule has 0 saturated carbocycles. The number of nitrogens with one attached hydrogen (secondary N) is 1. The largest absolute Gasteiger partial charge is 0.380 e. The van der Waals surface area contributed by atoms with Crippen LogP contribution in [0, 0.1) is 20.8 Å². The molecule has 0 spiro atoms. The molecule has 0 amide bonds. The van der Waals surface area contributed by atoms with Gasteiger partial charge in [-0.15, -0.1) is 0 Å². The molecule has 3 heteroatoms. The van der Waals surface area contributed by atoms with E-state index in [1.54, 1.807) is 0 Å². The van der Waals surface area contributed by atoms with Crippen molar-refractivity contribution in [3.05, 3.63) is 28.8 Å². The van der Waals surface area contributed by atoms with Gasteiger partial charge >= 0.3 is 0 Å². The van der Waals surface area contributed by atoms with E-state index in [2.05, 4.69) is 43.1 Å². The Morgan fingerprint density at radius 2 is 1.83 bits per heavy atom. The molecule has 100 valence electrons. The lowest BCUT2D eigenvalue weighted by Crippen LogP contribution is -2.54. The maximum Gasteiger partial charge on any atom is 0.0906 e. The van der Waals surface area contributed by atoms with E-state index in [1.807, 2.05) is 0 Å². The van der Waals surface area contributed by atoms with Crippen molar-refractivity contribution >= 4 is 5.69 Å². The van der Waals surface area contributed by atoms with Crippen LogP contribution in [0.5, 0.6) is 0 Å². The molecule has 1 N–H and O–H groups in total. The van der Waals surface area contributed by atoms with Crippen molar-refractivity contribution in [2.24, 2.45) is 0 Å². The van der Waals surface area contributed by atoms with Crippen molar-refractivity contribution in [1.82, 2.24) is 4.90 Å². The van der Waals surface area contributed by atoms with Crippen LogP contribution in [0.3, 0.4) is 0 Å². The van der Waals surface area contributed by atoms with Crippen LogP contribution >= 0.6 is 0 Å². The average Bonchev–Trinajstić information content (AvgIpc) is 2.28. The second kappa shape index (κ2) is 5.70. The Hall–Kier alpha value is -1.09. The molecule has 1 aromatic carbocycles. The predicted molar refractivity (Wildman–Crippen MR) is 75.1 cm³/mol. The number of rotatable bonds is 5. The summed E-state index contributed by atoms with van der Waals surface area (Å²) >= 11 is 0. The molecular formula is C15H23FN2. The minimum atomic E-state index is -0.203. The van der Waals surface area contributed by atoms with Gasteiger partial charge < -0.3 is 5.32 Å². The zero-order chi connectivity index (χ0) is 13.1. The summed E-state index contributed by atoms with van der Waals surface area (Å²) in [5.74, 6) is 0. The van der Waals surface area contributed by atoms with E-state index in [1.165, 1.54) is 22.4 Å². The van der Waals surface area contributed by atoms with Gasteiger partial charge in [0.15, 0.2) is 0 Å². The number of anilines is 1. The molecule has 0 bridgehead atoms. The Bertz CT molecular complexity index is 388. The predicted octanol–water partition coefficient (Wildman–Crippen LogP) is 3.07. The van der Waals surface area contributed by atoms with E-state index in [0.29, 0.717) is 12.5 Å². The standard InChI is InChI=1S/C15H23FN2/c1-11-7-14(8-12(2)13(11)3)17-15-9-18(10-15)6-4-5-16/h7-8,15,17H,4-6,9-10H2,1-3H3. The van der Waals surface area contributed by atoms with Crippen LogP contribution in [-0.4, -0.2) is 37.3 Å². The molecule has 2 nitrogen and oxygen atoms in total. The Balaban J connectivity index is 1.85. The molecule has 1 aliphatic heterocycles. The first-order valence-electron chi connectivity index (χ1n) is 6.73. The van der Waals surface area contributed by atoms with Crippen molar-refractivity contribution in [2.45, 2.75) is 33.2 Å². The summed E-state index contributed by atoms with van der Waals surface area (Å²) in [5.41, 5.74) is 5.27. The fraction of sp³-hybridized carbons (Fsp3) is 0.600. The smallest absolute Gasteiger partial charge is 0.0906 e. The molecule has 1 aliphatic rings. The summed E-state index contributed by atoms with van der Waals surface area (Å²) in [4.78, 5) is 2.30. The number of benzene rings is 1. The minimum absolute atomic E-state index is 0.203. The quantitative estimate of drug-likeness (QED) is 0.864. The van der Waals surface area contributed by atoms with Crippen LogP contribution in [0.2, 0.25) is 0 Å². The number of aryl methyl sites for hydroxylation is 2. The minimum Gasteiger partial charge on any atom is -0.380 e. The van der Waals surface area contributed by atoms with Gasteiger partial charge in [0, 0.05) is 25.3 Å². The van der Waals surface area contributed by atoms with Gasteiger partial charge in [-0.05, 0) is 56.0 Å². The average molecular weight is 250 g/mol. The summed E-state index contributed by atoms with van der Waals surface area (Å²) in [6, 6.07) is 4.95. The molecule has 0 aliphatic carbocycles. The SMILES string of the molecule is Cc1cc(NC2CN(CCCF)C2)cc(C)c1C. The van der Waals surface area contributed by atoms with E-state index in [4.69, 9.17) is 0 Å². The summed E-state index contributed by atoms with van der Waals surface area (Å²) < 4.78 is 12.0. The first-order chi connectivity index (χ1) is 8.60. The zero-order valence-electron chi connectivity index (χ0n) is 11.6. The van der Waals surface area contributed by atoms with E-state index < -0.39 is 0 Å². The summed E-state index contributed by atoms with van der Waals surface area (Å²) in [7, 11) is 0. The van der Waals surface area contributed by atoms with Gasteiger partial charge in [0.25, 0.3) is 0 Å². The van der Waals surface area contributed by atoms with Gasteiger partial charge in [-0.3, -0.25) is 9.29 Å². The summed E-state index contributed by atoms with van der Waals surface area (Å²) in [6.45, 7) is 9.23. The molecule has 1 fully saturated rings. The third-order valence-electron chi connectivity index (χ3n) is 3.86. The van der Waals surface area contributed by atoms with Gasteiger partial charge in [-0.1, -0.05) is 0 Å². The topological polar surface area (TPSA) is 15.3 Å². The first kappa shape index (κ1) is 13.3. The first-order valence-corrected chi connectivity index (χ1v) is 6.73. The van der Waals surface area contributed by atoms with Gasteiger partial charge in [0.2, 0.25) is 0 Å². The van der Waals surface area contributed by atoms with Crippen molar-refractivity contribution in [3.8, 4) is 0 Å². The van der Waals surface area contributed by atoms with Crippen molar-refractivity contribution in [2.75, 3.05) is 31.6 Å². The molecule has 0 radical (unpaired) electrons. The lowest BCUT2D eigenvalue weighted by atomic mass is 10.0. The Morgan fingerprint density at radius 1 is 1.22 bits per heavy atom. The Labute approximate surface area is 109 Å². The third kappa shape index (κ3) is 3.02. The molecule has 1 aromatic rings. The highest BCUT2D eigenvalue weighted by Crippen LogP contribution is 2.21. The number of likely N-dealkylation sites (tertiary alicyclic amines) is 1. The van der Waals surface area contributed by atoms with Crippen LogP contribution in [0.4, 0.5) is 10.1 Å². The van der Waals surface area contributed by atoms with E-state index >= 15 is 0 Å². The lowest BCUT2D eigenvalue weighted by Gasteiger charge is -2.40. The molecule has 1 saturated heterocycles. The number of halogens is 1. The maximum absolute atomic E-state index is 12.0. The van der Waals surface area contributed by atoms with Crippen LogP contribution in [0.15, 0.2) is 12.1 Å². The summed E-state index contributed by atoms with van der Waals surface area (Å²) in [6.07, 6.45) is 0.662. The molecule has 18 heavy (non-hydrogen) atoms. The fourth-order valence-corrected chi connectivity index (χ4v) is 2.48. The molecule has 0 atom stereocenters. The Kier molecular flexibility index (Phi) is 4.23. The summed E-state index contributed by atoms with van der Waals surface area (Å²) in [5, 5.41) is 3.56. The highest BCUT2D eigenvalue weighted by molar-refractivity contribution is 5.52. The second-order valence-electron chi connectivity index (χ2n) is 5.38. The monoisotopic (exact) mass is 250 g/mol. The van der Waals surface area contributed by atoms with Gasteiger partial charge in [-0.25, -0.2) is 0 Å². The molecule has 2 rings (SSSR count). The third-order valence-corrected chi connectivity index (χ3v) is 3.86. The van der Waals surface area contributed by atoms with Crippen LogP contribution in [0.1, 0.15) is 23.1 Å². The van der Waals surface area contributed by atoms with Gasteiger partial charge in [0.05, 0.1) is 12.7 Å². The van der Waals surface area contributed by atoms with E-state index in [0.717, 1.165) is 19.6 Å². The number of hydrogen-bond acceptors (Lipinski definition) is 2. The van der Waals surface area contributed by atoms with Gasteiger partial charge in [0.1, 0.15) is 0 Å². The molecule has 1 heterocycles. The van der Waals surface area contributed by atoms with Crippen LogP contribution in [0.25, 0.3) is 0 Å². The maximum atomic E-state index is 12.0. The highest BCUT2D eigenvalue weighted by atomic mass is 19.1.